The van der Waals surface area contributed by atoms with Crippen LogP contribution in [0.4, 0.5) is 0 Å². The third kappa shape index (κ3) is 1.00. The maximum atomic E-state index is 9.01. The van der Waals surface area contributed by atoms with Crippen LogP contribution in [0.2, 0.25) is 5.02 Å². The van der Waals surface area contributed by atoms with Crippen molar-refractivity contribution in [2.24, 2.45) is 0 Å². The highest BCUT2D eigenvalue weighted by atomic mass is 35.5. The van der Waals surface area contributed by atoms with Gasteiger partial charge in [-0.25, -0.2) is 0 Å². The van der Waals surface area contributed by atoms with Gasteiger partial charge in [-0.2, -0.15) is 0 Å². The summed E-state index contributed by atoms with van der Waals surface area (Å²) >= 11 is 5.91. The number of benzene rings is 1. The van der Waals surface area contributed by atoms with Crippen molar-refractivity contribution in [2.75, 3.05) is 0 Å². The lowest BCUT2D eigenvalue weighted by molar-refractivity contribution is 0.283. The molecule has 0 fully saturated rings. The molecule has 2 aromatic rings. The van der Waals surface area contributed by atoms with E-state index >= 15 is 0 Å². The second-order valence-corrected chi connectivity index (χ2v) is 3.04. The van der Waals surface area contributed by atoms with E-state index < -0.39 is 0 Å². The van der Waals surface area contributed by atoms with Gasteiger partial charge in [0.2, 0.25) is 0 Å². The van der Waals surface area contributed by atoms with Crippen molar-refractivity contribution < 1.29 is 5.11 Å². The Kier molecular flexibility index (Phi) is 1.79. The molecule has 2 N–H and O–H groups in total. The third-order valence-corrected chi connectivity index (χ3v) is 2.21. The van der Waals surface area contributed by atoms with E-state index in [1.807, 2.05) is 18.2 Å². The number of aliphatic hydroxyl groups is 1. The van der Waals surface area contributed by atoms with Crippen LogP contribution in [0.3, 0.4) is 0 Å². The van der Waals surface area contributed by atoms with E-state index in [1.54, 1.807) is 6.20 Å². The van der Waals surface area contributed by atoms with Crippen LogP contribution in [0.1, 0.15) is 5.56 Å². The molecule has 0 unspecified atom stereocenters. The van der Waals surface area contributed by atoms with E-state index in [2.05, 4.69) is 4.98 Å². The molecular formula is C9H8ClNO. The van der Waals surface area contributed by atoms with Gasteiger partial charge in [-0.1, -0.05) is 23.7 Å². The number of fused-ring (bicyclic) bond motifs is 1. The molecule has 62 valence electrons. The molecule has 0 amide bonds. The minimum atomic E-state index is 0.0227. The van der Waals surface area contributed by atoms with Gasteiger partial charge in [0.15, 0.2) is 0 Å². The molecule has 1 heterocycles. The molecular weight excluding hydrogens is 174 g/mol. The zero-order valence-electron chi connectivity index (χ0n) is 6.34. The Morgan fingerprint density at radius 2 is 2.25 bits per heavy atom. The number of H-pyrrole nitrogens is 1. The summed E-state index contributed by atoms with van der Waals surface area (Å²) in [5.41, 5.74) is 1.82. The Hall–Kier alpha value is -0.990. The molecule has 0 spiro atoms. The van der Waals surface area contributed by atoms with Crippen molar-refractivity contribution >= 4 is 22.5 Å². The normalized spacial score (nSPS) is 10.8. The van der Waals surface area contributed by atoms with Crippen molar-refractivity contribution in [1.82, 2.24) is 4.98 Å². The molecule has 2 nitrogen and oxygen atoms in total. The first-order chi connectivity index (χ1) is 5.83. The molecule has 0 atom stereocenters. The highest BCUT2D eigenvalue weighted by Gasteiger charge is 2.04. The van der Waals surface area contributed by atoms with E-state index in [4.69, 9.17) is 16.7 Å². The first-order valence-electron chi connectivity index (χ1n) is 3.68. The van der Waals surface area contributed by atoms with Crippen LogP contribution >= 0.6 is 11.6 Å². The summed E-state index contributed by atoms with van der Waals surface area (Å²) in [4.78, 5) is 3.02. The van der Waals surface area contributed by atoms with Crippen LogP contribution in [0.25, 0.3) is 10.9 Å². The zero-order valence-corrected chi connectivity index (χ0v) is 7.10. The second-order valence-electron chi connectivity index (χ2n) is 2.63. The number of hydrogen-bond acceptors (Lipinski definition) is 1. The SMILES string of the molecule is OCc1cccc2[nH]cc(Cl)c12. The topological polar surface area (TPSA) is 36.0 Å². The highest BCUT2D eigenvalue weighted by molar-refractivity contribution is 6.35. The molecule has 0 radical (unpaired) electrons. The Balaban J connectivity index is 2.84. The predicted octanol–water partition coefficient (Wildman–Crippen LogP) is 2.31. The second kappa shape index (κ2) is 2.81. The van der Waals surface area contributed by atoms with Crippen LogP contribution in [0.15, 0.2) is 24.4 Å². The van der Waals surface area contributed by atoms with Crippen LogP contribution in [-0.2, 0) is 6.61 Å². The lowest BCUT2D eigenvalue weighted by Gasteiger charge is -1.97. The lowest BCUT2D eigenvalue weighted by Crippen LogP contribution is -1.82. The van der Waals surface area contributed by atoms with Crippen molar-refractivity contribution in [1.29, 1.82) is 0 Å². The van der Waals surface area contributed by atoms with E-state index in [-0.39, 0.29) is 6.61 Å². The van der Waals surface area contributed by atoms with Crippen molar-refractivity contribution in [2.45, 2.75) is 6.61 Å². The summed E-state index contributed by atoms with van der Waals surface area (Å²) in [5, 5.41) is 10.6. The Labute approximate surface area is 74.8 Å². The average molecular weight is 182 g/mol. The van der Waals surface area contributed by atoms with Crippen LogP contribution in [0.5, 0.6) is 0 Å². The summed E-state index contributed by atoms with van der Waals surface area (Å²) in [7, 11) is 0. The van der Waals surface area contributed by atoms with Crippen molar-refractivity contribution in [3.63, 3.8) is 0 Å². The molecule has 0 saturated carbocycles. The first kappa shape index (κ1) is 7.65. The zero-order chi connectivity index (χ0) is 8.55. The highest BCUT2D eigenvalue weighted by Crippen LogP contribution is 2.26. The van der Waals surface area contributed by atoms with E-state index in [9.17, 15) is 0 Å². The van der Waals surface area contributed by atoms with Gasteiger partial charge >= 0.3 is 0 Å². The van der Waals surface area contributed by atoms with Gasteiger partial charge in [-0.3, -0.25) is 0 Å². The fraction of sp³-hybridized carbons (Fsp3) is 0.111. The molecule has 0 aliphatic rings. The average Bonchev–Trinajstić information content (AvgIpc) is 2.48. The molecule has 1 aromatic carbocycles. The van der Waals surface area contributed by atoms with Gasteiger partial charge in [0, 0.05) is 17.1 Å². The maximum absolute atomic E-state index is 9.01. The van der Waals surface area contributed by atoms with Gasteiger partial charge in [-0.15, -0.1) is 0 Å². The number of aromatic nitrogens is 1. The fourth-order valence-corrected chi connectivity index (χ4v) is 1.63. The number of aliphatic hydroxyl groups excluding tert-OH is 1. The van der Waals surface area contributed by atoms with E-state index in [0.29, 0.717) is 5.02 Å². The van der Waals surface area contributed by atoms with Gasteiger partial charge in [-0.05, 0) is 11.6 Å². The van der Waals surface area contributed by atoms with E-state index in [0.717, 1.165) is 16.5 Å². The molecule has 3 heteroatoms. The fourth-order valence-electron chi connectivity index (χ4n) is 1.35. The quantitative estimate of drug-likeness (QED) is 0.696. The van der Waals surface area contributed by atoms with Gasteiger partial charge < -0.3 is 10.1 Å². The Morgan fingerprint density at radius 1 is 1.42 bits per heavy atom. The summed E-state index contributed by atoms with van der Waals surface area (Å²) in [5.74, 6) is 0. The van der Waals surface area contributed by atoms with Crippen molar-refractivity contribution in [3.8, 4) is 0 Å². The number of aromatic amines is 1. The molecule has 0 saturated heterocycles. The lowest BCUT2D eigenvalue weighted by atomic mass is 10.1. The van der Waals surface area contributed by atoms with E-state index in [1.165, 1.54) is 0 Å². The standard InChI is InChI=1S/C9H8ClNO/c10-7-4-11-8-3-1-2-6(5-12)9(7)8/h1-4,11-12H,5H2. The molecule has 0 aliphatic heterocycles. The Bertz CT molecular complexity index is 408. The maximum Gasteiger partial charge on any atom is 0.0688 e. The van der Waals surface area contributed by atoms with Gasteiger partial charge in [0.05, 0.1) is 11.6 Å². The summed E-state index contributed by atoms with van der Waals surface area (Å²) in [6.45, 7) is 0.0227. The third-order valence-electron chi connectivity index (χ3n) is 1.91. The molecule has 1 aromatic heterocycles. The number of hydrogen-bond donors (Lipinski definition) is 2. The molecule has 0 bridgehead atoms. The van der Waals surface area contributed by atoms with Crippen LogP contribution in [0, 0.1) is 0 Å². The van der Waals surface area contributed by atoms with Crippen LogP contribution in [-0.4, -0.2) is 10.1 Å². The summed E-state index contributed by atoms with van der Waals surface area (Å²) in [6, 6.07) is 5.68. The minimum Gasteiger partial charge on any atom is -0.392 e. The predicted molar refractivity (Wildman–Crippen MR) is 49.2 cm³/mol. The van der Waals surface area contributed by atoms with Crippen molar-refractivity contribution in [3.05, 3.63) is 35.0 Å². The monoisotopic (exact) mass is 181 g/mol. The van der Waals surface area contributed by atoms with Crippen LogP contribution < -0.4 is 0 Å². The Morgan fingerprint density at radius 3 is 3.00 bits per heavy atom. The summed E-state index contributed by atoms with van der Waals surface area (Å²) in [6.07, 6.45) is 1.73. The summed E-state index contributed by atoms with van der Waals surface area (Å²) < 4.78 is 0. The van der Waals surface area contributed by atoms with Gasteiger partial charge in [0.25, 0.3) is 0 Å². The molecule has 2 rings (SSSR count). The largest absolute Gasteiger partial charge is 0.392 e. The number of nitrogens with one attached hydrogen (secondary N) is 1. The minimum absolute atomic E-state index is 0.0227. The first-order valence-corrected chi connectivity index (χ1v) is 4.06. The molecule has 12 heavy (non-hydrogen) atoms. The number of rotatable bonds is 1. The smallest absolute Gasteiger partial charge is 0.0688 e. The van der Waals surface area contributed by atoms with Gasteiger partial charge in [0.1, 0.15) is 0 Å². The number of halogens is 1. The molecule has 0 aliphatic carbocycles.